The van der Waals surface area contributed by atoms with Crippen molar-refractivity contribution in [2.45, 2.75) is 76.1 Å². The fourth-order valence-electron chi connectivity index (χ4n) is 4.05. The molecule has 3 nitrogen and oxygen atoms in total. The molecule has 0 radical (unpaired) electrons. The normalized spacial score (nSPS) is 27.2. The first-order valence-corrected chi connectivity index (χ1v) is 10.1. The standard InChI is InChI=1S/C23H35O3/c1-2-3-4-5-9-12-20-21(23(26)17-22(20)25)16-15-19(24)14-13-18-10-7-6-8-11-18/h5-11,19-26H,1-4,12-17H2/q-1/b9-5-. The van der Waals surface area contributed by atoms with E-state index in [1.54, 1.807) is 0 Å². The zero-order valence-corrected chi connectivity index (χ0v) is 15.8. The van der Waals surface area contributed by atoms with Crippen molar-refractivity contribution in [1.82, 2.24) is 0 Å². The van der Waals surface area contributed by atoms with Crippen LogP contribution in [-0.4, -0.2) is 33.6 Å². The maximum absolute atomic E-state index is 10.3. The third kappa shape index (κ3) is 6.86. The molecule has 0 heterocycles. The van der Waals surface area contributed by atoms with Crippen LogP contribution in [0.25, 0.3) is 0 Å². The van der Waals surface area contributed by atoms with E-state index in [4.69, 9.17) is 0 Å². The first-order valence-electron chi connectivity index (χ1n) is 10.1. The van der Waals surface area contributed by atoms with Gasteiger partial charge in [-0.2, -0.15) is 6.42 Å². The summed E-state index contributed by atoms with van der Waals surface area (Å²) >= 11 is 0. The number of allylic oxidation sites excluding steroid dienone is 2. The highest BCUT2D eigenvalue weighted by atomic mass is 16.3. The zero-order chi connectivity index (χ0) is 18.8. The molecule has 1 aliphatic rings. The first kappa shape index (κ1) is 21.1. The highest BCUT2D eigenvalue weighted by Gasteiger charge is 2.40. The lowest BCUT2D eigenvalue weighted by atomic mass is 9.85. The number of hydrogen-bond acceptors (Lipinski definition) is 3. The summed E-state index contributed by atoms with van der Waals surface area (Å²) in [7, 11) is 0. The third-order valence-corrected chi connectivity index (χ3v) is 5.66. The van der Waals surface area contributed by atoms with E-state index in [0.717, 1.165) is 44.9 Å². The van der Waals surface area contributed by atoms with Crippen molar-refractivity contribution in [3.05, 3.63) is 55.0 Å². The minimum Gasteiger partial charge on any atom is -0.393 e. The number of benzene rings is 1. The second-order valence-electron chi connectivity index (χ2n) is 7.66. The maximum atomic E-state index is 10.3. The minimum atomic E-state index is -0.454. The van der Waals surface area contributed by atoms with Gasteiger partial charge in [0.2, 0.25) is 0 Å². The van der Waals surface area contributed by atoms with Gasteiger partial charge in [0.1, 0.15) is 0 Å². The van der Waals surface area contributed by atoms with Gasteiger partial charge in [0.25, 0.3) is 0 Å². The Morgan fingerprint density at radius 3 is 2.50 bits per heavy atom. The fraction of sp³-hybridized carbons (Fsp3) is 0.609. The van der Waals surface area contributed by atoms with E-state index in [1.165, 1.54) is 5.56 Å². The van der Waals surface area contributed by atoms with Crippen molar-refractivity contribution < 1.29 is 15.3 Å². The molecule has 0 spiro atoms. The molecule has 5 unspecified atom stereocenters. The summed E-state index contributed by atoms with van der Waals surface area (Å²) in [6, 6.07) is 10.2. The molecule has 1 aromatic rings. The predicted octanol–water partition coefficient (Wildman–Crippen LogP) is 4.07. The zero-order valence-electron chi connectivity index (χ0n) is 15.8. The van der Waals surface area contributed by atoms with Crippen LogP contribution in [0.5, 0.6) is 0 Å². The van der Waals surface area contributed by atoms with Gasteiger partial charge in [-0.05, 0) is 62.3 Å². The van der Waals surface area contributed by atoms with Gasteiger partial charge in [-0.3, -0.25) is 0 Å². The highest BCUT2D eigenvalue weighted by molar-refractivity contribution is 5.14. The summed E-state index contributed by atoms with van der Waals surface area (Å²) in [5.74, 6) is 0.177. The molecule has 0 saturated heterocycles. The molecule has 3 heteroatoms. The van der Waals surface area contributed by atoms with Crippen LogP contribution in [0.4, 0.5) is 0 Å². The number of aryl methyl sites for hydroxylation is 1. The summed E-state index contributed by atoms with van der Waals surface area (Å²) in [4.78, 5) is 0. The predicted molar refractivity (Wildman–Crippen MR) is 107 cm³/mol. The van der Waals surface area contributed by atoms with Gasteiger partial charge < -0.3 is 22.2 Å². The number of aliphatic hydroxyl groups is 3. The van der Waals surface area contributed by atoms with Gasteiger partial charge in [-0.1, -0.05) is 48.9 Å². The molecule has 146 valence electrons. The Hall–Kier alpha value is -1.16. The van der Waals surface area contributed by atoms with Crippen molar-refractivity contribution in [2.24, 2.45) is 11.8 Å². The maximum Gasteiger partial charge on any atom is 0.0599 e. The van der Waals surface area contributed by atoms with Crippen LogP contribution in [0.3, 0.4) is 0 Å². The van der Waals surface area contributed by atoms with E-state index in [9.17, 15) is 15.3 Å². The van der Waals surface area contributed by atoms with Crippen LogP contribution in [0.1, 0.15) is 56.9 Å². The van der Waals surface area contributed by atoms with Crippen molar-refractivity contribution in [2.75, 3.05) is 0 Å². The molecule has 1 aliphatic carbocycles. The van der Waals surface area contributed by atoms with Crippen LogP contribution in [0.2, 0.25) is 0 Å². The van der Waals surface area contributed by atoms with Crippen LogP contribution in [0.15, 0.2) is 42.5 Å². The topological polar surface area (TPSA) is 60.7 Å². The lowest BCUT2D eigenvalue weighted by Crippen LogP contribution is -2.23. The SMILES string of the molecule is [CH2-]CCC/C=C\CC1C(O)CC(O)C1CCC(O)CCc1ccccc1. The smallest absolute Gasteiger partial charge is 0.0599 e. The van der Waals surface area contributed by atoms with Gasteiger partial charge in [0, 0.05) is 0 Å². The van der Waals surface area contributed by atoms with Crippen LogP contribution in [-0.2, 0) is 6.42 Å². The number of unbranched alkanes of at least 4 members (excludes halogenated alkanes) is 2. The molecule has 1 saturated carbocycles. The van der Waals surface area contributed by atoms with E-state index in [-0.39, 0.29) is 17.9 Å². The number of rotatable bonds is 11. The summed E-state index contributed by atoms with van der Waals surface area (Å²) in [6.45, 7) is 3.84. The van der Waals surface area contributed by atoms with Gasteiger partial charge in [0.05, 0.1) is 18.3 Å². The monoisotopic (exact) mass is 359 g/mol. The number of hydrogen-bond donors (Lipinski definition) is 3. The molecular weight excluding hydrogens is 324 g/mol. The van der Waals surface area contributed by atoms with Crippen molar-refractivity contribution in [1.29, 1.82) is 0 Å². The molecular formula is C23H35O3-. The molecule has 1 aromatic carbocycles. The highest BCUT2D eigenvalue weighted by Crippen LogP contribution is 2.38. The van der Waals surface area contributed by atoms with E-state index in [1.807, 2.05) is 18.2 Å². The quantitative estimate of drug-likeness (QED) is 0.317. The van der Waals surface area contributed by atoms with Crippen molar-refractivity contribution >= 4 is 0 Å². The Morgan fingerprint density at radius 1 is 1.04 bits per heavy atom. The van der Waals surface area contributed by atoms with E-state index in [0.29, 0.717) is 12.8 Å². The molecule has 5 atom stereocenters. The van der Waals surface area contributed by atoms with Crippen molar-refractivity contribution in [3.63, 3.8) is 0 Å². The average molecular weight is 360 g/mol. The molecule has 3 N–H and O–H groups in total. The lowest BCUT2D eigenvalue weighted by Gasteiger charge is -2.23. The molecule has 1 fully saturated rings. The van der Waals surface area contributed by atoms with E-state index < -0.39 is 12.2 Å². The molecule has 26 heavy (non-hydrogen) atoms. The average Bonchev–Trinajstić information content (AvgIpc) is 2.91. The molecule has 2 rings (SSSR count). The molecule has 0 aliphatic heterocycles. The van der Waals surface area contributed by atoms with Gasteiger partial charge in [-0.25, -0.2) is 0 Å². The summed E-state index contributed by atoms with van der Waals surface area (Å²) in [5, 5.41) is 30.9. The Bertz CT molecular complexity index is 513. The minimum absolute atomic E-state index is 0.0777. The van der Waals surface area contributed by atoms with E-state index in [2.05, 4.69) is 31.2 Å². The van der Waals surface area contributed by atoms with E-state index >= 15 is 0 Å². The van der Waals surface area contributed by atoms with Crippen LogP contribution in [0, 0.1) is 18.8 Å². The summed E-state index contributed by atoms with van der Waals surface area (Å²) in [5.41, 5.74) is 1.24. The molecule has 0 amide bonds. The van der Waals surface area contributed by atoms with Gasteiger partial charge >= 0.3 is 0 Å². The lowest BCUT2D eigenvalue weighted by molar-refractivity contribution is 0.0857. The van der Waals surface area contributed by atoms with Crippen LogP contribution < -0.4 is 0 Å². The van der Waals surface area contributed by atoms with Gasteiger partial charge in [0.15, 0.2) is 0 Å². The largest absolute Gasteiger partial charge is 0.393 e. The number of aliphatic hydroxyl groups excluding tert-OH is 3. The summed E-state index contributed by atoms with van der Waals surface area (Å²) in [6.07, 6.45) is 10.4. The molecule has 0 bridgehead atoms. The second-order valence-corrected chi connectivity index (χ2v) is 7.66. The Morgan fingerprint density at radius 2 is 1.77 bits per heavy atom. The molecule has 0 aromatic heterocycles. The Labute approximate surface area is 158 Å². The van der Waals surface area contributed by atoms with Gasteiger partial charge in [-0.15, -0.1) is 0 Å². The first-order chi connectivity index (χ1) is 12.6. The van der Waals surface area contributed by atoms with Crippen molar-refractivity contribution in [3.8, 4) is 0 Å². The van der Waals surface area contributed by atoms with Crippen LogP contribution >= 0.6 is 0 Å². The second kappa shape index (κ2) is 11.5. The fourth-order valence-corrected chi connectivity index (χ4v) is 4.05. The Kier molecular flexibility index (Phi) is 9.38. The summed E-state index contributed by atoms with van der Waals surface area (Å²) < 4.78 is 0. The Balaban J connectivity index is 1.76. The third-order valence-electron chi connectivity index (χ3n) is 5.66.